The van der Waals surface area contributed by atoms with Crippen LogP contribution in [0, 0.1) is 12.8 Å². The van der Waals surface area contributed by atoms with E-state index in [1.165, 1.54) is 33.7 Å². The van der Waals surface area contributed by atoms with Crippen molar-refractivity contribution in [3.63, 3.8) is 0 Å². The summed E-state index contributed by atoms with van der Waals surface area (Å²) in [7, 11) is -1.35. The Balaban J connectivity index is 1.88. The Hall–Kier alpha value is -3.08. The quantitative estimate of drug-likeness (QED) is 0.163. The minimum atomic E-state index is -4.18. The van der Waals surface area contributed by atoms with Crippen LogP contribution >= 0.6 is 21.6 Å². The molecule has 1 aromatic carbocycles. The fraction of sp³-hybridized carbons (Fsp3) is 0.552. The third-order valence-corrected chi connectivity index (χ3v) is 10.9. The van der Waals surface area contributed by atoms with Crippen LogP contribution in [0.1, 0.15) is 51.5 Å². The lowest BCUT2D eigenvalue weighted by molar-refractivity contribution is -0.151. The first-order valence-corrected chi connectivity index (χ1v) is 18.5. The summed E-state index contributed by atoms with van der Waals surface area (Å²) in [5.74, 6) is -3.21. The number of fused-ring (bicyclic) bond motifs is 7. The van der Waals surface area contributed by atoms with Crippen LogP contribution in [0.25, 0.3) is 0 Å². The maximum Gasteiger partial charge on any atom is 0.309 e. The zero-order chi connectivity index (χ0) is 33.1. The third kappa shape index (κ3) is 11.7. The molecular formula is C29H40N4O9S3. The van der Waals surface area contributed by atoms with Gasteiger partial charge in [0, 0.05) is 17.9 Å². The lowest BCUT2D eigenvalue weighted by atomic mass is 9.96. The van der Waals surface area contributed by atoms with Crippen molar-refractivity contribution in [2.75, 3.05) is 11.5 Å². The van der Waals surface area contributed by atoms with E-state index in [1.807, 2.05) is 4.72 Å². The standard InChI is InChI=1S/C29H40N4O9S3/c1-17(2)27-23(34)15-26(37)42-19-6-4-5-13-43-44-16-22(29(39)32-27)31-28(38)21(30-25(36)14-19)11-12-24(35)33-45(40,41)20-9-7-18(3)8-10-20/h4,6-10,17,19,21-23,27,34H,5,11-16H2,1-3H3,(H,30,36)(H,31,38)(H,32,39)(H,33,35)/b6-4+/t19-,21-,22+,23+,27-/m1/s1. The average Bonchev–Trinajstić information content (AvgIpc) is 2.95. The molecule has 248 valence electrons. The number of aliphatic hydroxyl groups is 1. The molecular weight excluding hydrogens is 645 g/mol. The number of hydrogen-bond donors (Lipinski definition) is 5. The lowest BCUT2D eigenvalue weighted by Crippen LogP contribution is -2.58. The molecule has 0 spiro atoms. The Labute approximate surface area is 270 Å². The molecule has 4 amide bonds. The van der Waals surface area contributed by atoms with Gasteiger partial charge in [-0.2, -0.15) is 0 Å². The summed E-state index contributed by atoms with van der Waals surface area (Å²) in [5.41, 5.74) is 0.834. The van der Waals surface area contributed by atoms with Crippen molar-refractivity contribution in [3.8, 4) is 0 Å². The maximum atomic E-state index is 13.5. The number of sulfonamides is 1. The van der Waals surface area contributed by atoms with E-state index in [9.17, 15) is 37.5 Å². The Bertz CT molecular complexity index is 1370. The Morgan fingerprint density at radius 3 is 2.44 bits per heavy atom. The second kappa shape index (κ2) is 17.0. The van der Waals surface area contributed by atoms with Crippen LogP contribution in [0.3, 0.4) is 0 Å². The summed E-state index contributed by atoms with van der Waals surface area (Å²) in [6, 6.07) is 2.62. The molecule has 16 heteroatoms. The highest BCUT2D eigenvalue weighted by molar-refractivity contribution is 8.76. The Morgan fingerprint density at radius 1 is 1.04 bits per heavy atom. The number of carbonyl (C=O) groups is 5. The number of benzene rings is 1. The van der Waals surface area contributed by atoms with Gasteiger partial charge in [0.15, 0.2) is 0 Å². The zero-order valence-electron chi connectivity index (χ0n) is 25.3. The zero-order valence-corrected chi connectivity index (χ0v) is 27.8. The first kappa shape index (κ1) is 36.4. The molecule has 0 radical (unpaired) electrons. The number of allylic oxidation sites excluding steroid dienone is 1. The van der Waals surface area contributed by atoms with E-state index < -0.39 is 82.8 Å². The molecule has 0 saturated carbocycles. The van der Waals surface area contributed by atoms with Gasteiger partial charge in [0.2, 0.25) is 23.6 Å². The monoisotopic (exact) mass is 684 g/mol. The fourth-order valence-corrected chi connectivity index (χ4v) is 7.76. The van der Waals surface area contributed by atoms with Gasteiger partial charge < -0.3 is 25.8 Å². The first-order valence-electron chi connectivity index (χ1n) is 14.6. The van der Waals surface area contributed by atoms with Crippen LogP contribution < -0.4 is 20.7 Å². The topological polar surface area (TPSA) is 197 Å². The SMILES string of the molecule is Cc1ccc(S(=O)(=O)NC(=O)CC[C@H]2NC(=O)C[C@H]3/C=C/CCSSC[C@H](NC2=O)C(=O)N[C@H](C(C)C)[C@@H](O)CC(=O)O3)cc1. The number of nitrogens with one attached hydrogen (secondary N) is 4. The molecule has 0 aromatic heterocycles. The predicted octanol–water partition coefficient (Wildman–Crippen LogP) is 1.10. The number of amides is 4. The summed E-state index contributed by atoms with van der Waals surface area (Å²) in [4.78, 5) is 65.4. The van der Waals surface area contributed by atoms with Crippen molar-refractivity contribution in [1.29, 1.82) is 0 Å². The minimum Gasteiger partial charge on any atom is -0.457 e. The minimum absolute atomic E-state index is 0.110. The largest absolute Gasteiger partial charge is 0.457 e. The van der Waals surface area contributed by atoms with E-state index in [1.54, 1.807) is 45.1 Å². The van der Waals surface area contributed by atoms with Crippen LogP contribution in [0.2, 0.25) is 0 Å². The van der Waals surface area contributed by atoms with Crippen LogP contribution in [-0.2, 0) is 38.7 Å². The Kier molecular flexibility index (Phi) is 13.8. The van der Waals surface area contributed by atoms with Crippen molar-refractivity contribution in [1.82, 2.24) is 20.7 Å². The molecule has 45 heavy (non-hydrogen) atoms. The van der Waals surface area contributed by atoms with Crippen molar-refractivity contribution in [2.45, 2.75) is 88.1 Å². The second-order valence-electron chi connectivity index (χ2n) is 11.2. The molecule has 3 rings (SSSR count). The first-order chi connectivity index (χ1) is 21.2. The van der Waals surface area contributed by atoms with Gasteiger partial charge in [-0.25, -0.2) is 13.1 Å². The number of rotatable bonds is 6. The van der Waals surface area contributed by atoms with E-state index in [4.69, 9.17) is 4.74 Å². The number of esters is 1. The molecule has 2 bridgehead atoms. The normalized spacial score (nSPS) is 26.6. The van der Waals surface area contributed by atoms with Gasteiger partial charge in [0.25, 0.3) is 10.0 Å². The van der Waals surface area contributed by atoms with Crippen molar-refractivity contribution >= 4 is 61.2 Å². The van der Waals surface area contributed by atoms with Gasteiger partial charge in [-0.05, 0) is 43.9 Å². The van der Waals surface area contributed by atoms with Crippen molar-refractivity contribution in [3.05, 3.63) is 42.0 Å². The van der Waals surface area contributed by atoms with Crippen LogP contribution in [0.4, 0.5) is 0 Å². The van der Waals surface area contributed by atoms with E-state index in [-0.39, 0.29) is 29.4 Å². The number of hydrogen-bond acceptors (Lipinski definition) is 11. The predicted molar refractivity (Wildman–Crippen MR) is 170 cm³/mol. The van der Waals surface area contributed by atoms with E-state index in [2.05, 4.69) is 16.0 Å². The molecule has 2 heterocycles. The lowest BCUT2D eigenvalue weighted by Gasteiger charge is -2.29. The summed E-state index contributed by atoms with van der Waals surface area (Å²) in [6.07, 6.45) is 0.0827. The highest BCUT2D eigenvalue weighted by Crippen LogP contribution is 2.24. The van der Waals surface area contributed by atoms with Crippen molar-refractivity contribution in [2.24, 2.45) is 5.92 Å². The highest BCUT2D eigenvalue weighted by Gasteiger charge is 2.34. The number of aliphatic hydroxyl groups excluding tert-OH is 1. The summed E-state index contributed by atoms with van der Waals surface area (Å²) >= 11 is 0. The van der Waals surface area contributed by atoms with E-state index in [0.717, 1.165) is 5.56 Å². The molecule has 0 unspecified atom stereocenters. The van der Waals surface area contributed by atoms with Crippen LogP contribution in [-0.4, -0.2) is 85.0 Å². The van der Waals surface area contributed by atoms with Crippen LogP contribution in [0.15, 0.2) is 41.3 Å². The van der Waals surface area contributed by atoms with Gasteiger partial charge in [0.1, 0.15) is 18.2 Å². The maximum absolute atomic E-state index is 13.5. The van der Waals surface area contributed by atoms with Gasteiger partial charge in [0.05, 0.1) is 29.9 Å². The molecule has 1 fully saturated rings. The van der Waals surface area contributed by atoms with Crippen molar-refractivity contribution < 1.29 is 42.2 Å². The van der Waals surface area contributed by atoms with Crippen LogP contribution in [0.5, 0.6) is 0 Å². The van der Waals surface area contributed by atoms with Gasteiger partial charge in [-0.3, -0.25) is 24.0 Å². The Morgan fingerprint density at radius 2 is 1.76 bits per heavy atom. The molecule has 5 atom stereocenters. The van der Waals surface area contributed by atoms with Gasteiger partial charge in [-0.15, -0.1) is 0 Å². The molecule has 5 N–H and O–H groups in total. The fourth-order valence-electron chi connectivity index (χ4n) is 4.59. The smallest absolute Gasteiger partial charge is 0.309 e. The highest BCUT2D eigenvalue weighted by atomic mass is 33.1. The number of ether oxygens (including phenoxy) is 1. The molecule has 2 aliphatic heterocycles. The summed E-state index contributed by atoms with van der Waals surface area (Å²) in [6.45, 7) is 5.31. The summed E-state index contributed by atoms with van der Waals surface area (Å²) in [5, 5.41) is 18.8. The third-order valence-electron chi connectivity index (χ3n) is 7.05. The second-order valence-corrected chi connectivity index (χ2v) is 15.5. The average molecular weight is 685 g/mol. The molecule has 1 aromatic rings. The van der Waals surface area contributed by atoms with E-state index in [0.29, 0.717) is 12.2 Å². The number of carbonyl (C=O) groups excluding carboxylic acids is 5. The molecule has 1 saturated heterocycles. The van der Waals surface area contributed by atoms with Gasteiger partial charge >= 0.3 is 5.97 Å². The molecule has 13 nitrogen and oxygen atoms in total. The molecule has 0 aliphatic carbocycles. The number of aryl methyl sites for hydroxylation is 1. The molecule has 2 aliphatic rings. The van der Waals surface area contributed by atoms with E-state index >= 15 is 0 Å². The van der Waals surface area contributed by atoms with Gasteiger partial charge in [-0.1, -0.05) is 59.2 Å². The summed E-state index contributed by atoms with van der Waals surface area (Å²) < 4.78 is 32.8.